The Kier molecular flexibility index (Phi) is 11.3. The summed E-state index contributed by atoms with van der Waals surface area (Å²) in [6, 6.07) is -0.506. The number of hydrogen-bond donors (Lipinski definition) is 11. The van der Waals surface area contributed by atoms with Crippen molar-refractivity contribution in [2.45, 2.75) is 67.2 Å². The summed E-state index contributed by atoms with van der Waals surface area (Å²) in [6.45, 7) is -3.21. The molecule has 0 aromatic carbocycles. The molecule has 2 fully saturated rings. The molecule has 1 amide bonds. The minimum absolute atomic E-state index is 0.142. The summed E-state index contributed by atoms with van der Waals surface area (Å²) < 4.78 is 32.7. The Bertz CT molecular complexity index is 1250. The first-order valence-electron chi connectivity index (χ1n) is 12.2. The van der Waals surface area contributed by atoms with Gasteiger partial charge in [-0.3, -0.25) is 13.9 Å². The molecule has 0 aliphatic carbocycles. The monoisotopic (exact) mass is 646 g/mol. The van der Waals surface area contributed by atoms with E-state index in [-0.39, 0.29) is 5.82 Å². The summed E-state index contributed by atoms with van der Waals surface area (Å²) in [5, 5.41) is 81.3. The fourth-order valence-electron chi connectivity index (χ4n) is 4.22. The number of rotatable bonds is 13. The minimum atomic E-state index is -5.45. The second-order valence-electron chi connectivity index (χ2n) is 9.41. The number of aromatic nitrogens is 2. The number of carboxylic acids is 1. The molecule has 11 atom stereocenters. The van der Waals surface area contributed by atoms with Crippen LogP contribution < -0.4 is 16.7 Å². The van der Waals surface area contributed by atoms with Crippen LogP contribution in [0, 0.1) is 0 Å². The van der Waals surface area contributed by atoms with Gasteiger partial charge in [0.25, 0.3) is 0 Å². The van der Waals surface area contributed by atoms with Crippen LogP contribution in [0.4, 0.5) is 5.82 Å². The maximum Gasteiger partial charge on any atom is 0.499 e. The second kappa shape index (κ2) is 14.0. The highest BCUT2D eigenvalue weighted by Crippen LogP contribution is 2.47. The number of aliphatic carboxylic acids is 1. The fourth-order valence-corrected chi connectivity index (χ4v) is 4.81. The van der Waals surface area contributed by atoms with Crippen molar-refractivity contribution in [1.82, 2.24) is 14.9 Å². The smallest absolute Gasteiger partial charge is 0.477 e. The summed E-state index contributed by atoms with van der Waals surface area (Å²) in [7, 11) is -5.45. The number of carbonyl (C=O) groups is 2. The quantitative estimate of drug-likeness (QED) is 0.0539. The van der Waals surface area contributed by atoms with E-state index in [1.807, 2.05) is 5.32 Å². The van der Waals surface area contributed by atoms with Crippen molar-refractivity contribution in [2.24, 2.45) is 0 Å². The molecule has 1 aromatic heterocycles. The van der Waals surface area contributed by atoms with Gasteiger partial charge in [0.1, 0.15) is 49.0 Å². The molecular formula is C20H31N4O18P. The molecule has 2 aliphatic heterocycles. The zero-order chi connectivity index (χ0) is 32.3. The van der Waals surface area contributed by atoms with Gasteiger partial charge in [-0.05, 0) is 6.07 Å². The molecule has 3 rings (SSSR count). The van der Waals surface area contributed by atoms with Gasteiger partial charge in [0, 0.05) is 12.6 Å². The Balaban J connectivity index is 1.72. The number of nitrogen functional groups attached to an aromatic ring is 1. The predicted octanol–water partition coefficient (Wildman–Crippen LogP) is -6.37. The first-order chi connectivity index (χ1) is 20.1. The SMILES string of the molecule is Nc1ccn([C@H]2O[C@@H](COP(=O)(O)OO[C@@]3(C(=O)O)C[C@@H](O)[C@@H](NC(=O)CO)C([C@H](O)[C@H](O)CO)O3)[C@H](O)[C@@H]2O)c(=O)n1. The number of hydrogen-bond acceptors (Lipinski definition) is 18. The van der Waals surface area contributed by atoms with E-state index in [0.717, 1.165) is 10.8 Å². The molecule has 2 aliphatic rings. The van der Waals surface area contributed by atoms with Gasteiger partial charge in [-0.25, -0.2) is 14.2 Å². The number of aliphatic hydroxyl groups is 7. The van der Waals surface area contributed by atoms with E-state index in [1.165, 1.54) is 6.07 Å². The van der Waals surface area contributed by atoms with Crippen LogP contribution in [0.15, 0.2) is 17.1 Å². The van der Waals surface area contributed by atoms with E-state index in [2.05, 4.69) is 19.1 Å². The van der Waals surface area contributed by atoms with Crippen molar-refractivity contribution < 1.29 is 83.5 Å². The molecule has 2 saturated heterocycles. The van der Waals surface area contributed by atoms with Crippen LogP contribution in [0.3, 0.4) is 0 Å². The third kappa shape index (κ3) is 7.89. The van der Waals surface area contributed by atoms with Gasteiger partial charge in [0.05, 0.1) is 25.4 Å². The number of nitrogens with one attached hydrogen (secondary N) is 1. The van der Waals surface area contributed by atoms with Crippen molar-refractivity contribution in [1.29, 1.82) is 0 Å². The van der Waals surface area contributed by atoms with Crippen LogP contribution >= 0.6 is 7.82 Å². The average Bonchev–Trinajstić information content (AvgIpc) is 3.23. The van der Waals surface area contributed by atoms with Gasteiger partial charge >= 0.3 is 25.3 Å². The summed E-state index contributed by atoms with van der Waals surface area (Å²) in [6.07, 6.45) is -14.9. The minimum Gasteiger partial charge on any atom is -0.477 e. The Morgan fingerprint density at radius 3 is 2.51 bits per heavy atom. The lowest BCUT2D eigenvalue weighted by atomic mass is 9.88. The summed E-state index contributed by atoms with van der Waals surface area (Å²) >= 11 is 0. The summed E-state index contributed by atoms with van der Waals surface area (Å²) in [5.74, 6) is -6.55. The van der Waals surface area contributed by atoms with Gasteiger partial charge < -0.3 is 66.3 Å². The van der Waals surface area contributed by atoms with Crippen LogP contribution in [-0.4, -0.2) is 142 Å². The third-order valence-corrected chi connectivity index (χ3v) is 7.16. The lowest BCUT2D eigenvalue weighted by Crippen LogP contribution is -2.68. The van der Waals surface area contributed by atoms with Crippen LogP contribution in [0.25, 0.3) is 0 Å². The Hall–Kier alpha value is -2.67. The average molecular weight is 646 g/mol. The van der Waals surface area contributed by atoms with E-state index in [1.54, 1.807) is 0 Å². The molecule has 43 heavy (non-hydrogen) atoms. The maximum atomic E-state index is 12.5. The molecule has 0 bridgehead atoms. The largest absolute Gasteiger partial charge is 0.499 e. The lowest BCUT2D eigenvalue weighted by molar-refractivity contribution is -0.408. The third-order valence-electron chi connectivity index (χ3n) is 6.42. The molecule has 0 saturated carbocycles. The van der Waals surface area contributed by atoms with Gasteiger partial charge in [-0.1, -0.05) is 0 Å². The Morgan fingerprint density at radius 2 is 1.93 bits per heavy atom. The van der Waals surface area contributed by atoms with Crippen molar-refractivity contribution in [3.63, 3.8) is 0 Å². The van der Waals surface area contributed by atoms with Gasteiger partial charge in [-0.2, -0.15) is 9.87 Å². The highest BCUT2D eigenvalue weighted by molar-refractivity contribution is 7.47. The predicted molar refractivity (Wildman–Crippen MR) is 131 cm³/mol. The molecule has 22 nitrogen and oxygen atoms in total. The zero-order valence-corrected chi connectivity index (χ0v) is 22.7. The standard InChI is InChI=1S/C20H31N4O18P/c21-10-1-2-24(19(35)22-10)17-15(32)14(31)9(39-17)6-38-43(36,37)42-41-20(18(33)34)3-7(27)12(23-11(29)5-26)16(40-20)13(30)8(28)4-25/h1-2,7-9,12-17,25-28,30-32H,3-6H2,(H,23,29)(H,33,34)(H,36,37)(H2,21,22,35)/t7-,8-,9+,12-,13-,14+,15+,16?,17+,20-/m1/s1. The molecule has 23 heteroatoms. The highest BCUT2D eigenvalue weighted by atomic mass is 31.2. The van der Waals surface area contributed by atoms with E-state index < -0.39 is 112 Å². The van der Waals surface area contributed by atoms with Crippen molar-refractivity contribution in [3.8, 4) is 0 Å². The highest BCUT2D eigenvalue weighted by Gasteiger charge is 2.58. The number of carboxylic acid groups (broad SMARTS) is 1. The molecule has 12 N–H and O–H groups in total. The topological polar surface area (TPSA) is 352 Å². The molecular weight excluding hydrogens is 615 g/mol. The Labute approximate surface area is 239 Å². The van der Waals surface area contributed by atoms with Crippen LogP contribution in [0.1, 0.15) is 12.6 Å². The number of carbonyl (C=O) groups excluding carboxylic acids is 1. The van der Waals surface area contributed by atoms with E-state index in [9.17, 15) is 59.6 Å². The second-order valence-corrected chi connectivity index (χ2v) is 10.8. The molecule has 244 valence electrons. The normalized spacial score (nSPS) is 33.8. The number of nitrogens with two attached hydrogens (primary N) is 1. The number of ether oxygens (including phenoxy) is 2. The zero-order valence-electron chi connectivity index (χ0n) is 21.8. The van der Waals surface area contributed by atoms with Gasteiger partial charge in [0.2, 0.25) is 5.91 Å². The fraction of sp³-hybridized carbons (Fsp3) is 0.700. The summed E-state index contributed by atoms with van der Waals surface area (Å²) in [5.41, 5.74) is 4.45. The van der Waals surface area contributed by atoms with E-state index >= 15 is 0 Å². The number of amides is 1. The number of anilines is 1. The van der Waals surface area contributed by atoms with E-state index in [4.69, 9.17) is 20.3 Å². The first kappa shape index (κ1) is 34.8. The van der Waals surface area contributed by atoms with Crippen molar-refractivity contribution >= 4 is 25.5 Å². The van der Waals surface area contributed by atoms with E-state index in [0.29, 0.717) is 0 Å². The van der Waals surface area contributed by atoms with Crippen LogP contribution in [0.2, 0.25) is 0 Å². The number of aliphatic hydroxyl groups excluding tert-OH is 7. The summed E-state index contributed by atoms with van der Waals surface area (Å²) in [4.78, 5) is 53.9. The molecule has 0 radical (unpaired) electrons. The number of phosphoric acid groups is 1. The molecule has 3 heterocycles. The van der Waals surface area contributed by atoms with Crippen molar-refractivity contribution in [3.05, 3.63) is 22.7 Å². The van der Waals surface area contributed by atoms with Crippen molar-refractivity contribution in [2.75, 3.05) is 25.6 Å². The number of nitrogens with zero attached hydrogens (tertiary/aromatic N) is 2. The van der Waals surface area contributed by atoms with Gasteiger partial charge in [-0.15, -0.1) is 4.67 Å². The first-order valence-corrected chi connectivity index (χ1v) is 13.7. The molecule has 1 aromatic rings. The van der Waals surface area contributed by atoms with Crippen LogP contribution in [-0.2, 0) is 37.7 Å². The Morgan fingerprint density at radius 1 is 1.26 bits per heavy atom. The number of phosphoric ester groups is 1. The molecule has 0 spiro atoms. The van der Waals surface area contributed by atoms with Crippen LogP contribution in [0.5, 0.6) is 0 Å². The van der Waals surface area contributed by atoms with Gasteiger partial charge in [0.15, 0.2) is 6.23 Å². The molecule has 2 unspecified atom stereocenters. The lowest BCUT2D eigenvalue weighted by Gasteiger charge is -2.45. The maximum absolute atomic E-state index is 12.5.